The molecule has 4 rings (SSSR count). The Kier molecular flexibility index (Phi) is 5.00. The average Bonchev–Trinajstić information content (AvgIpc) is 2.94. The number of nitrogens with zero attached hydrogens (tertiary/aromatic N) is 2. The quantitative estimate of drug-likeness (QED) is 0.595. The maximum Gasteiger partial charge on any atom is 0.323 e. The van der Waals surface area contributed by atoms with E-state index in [0.29, 0.717) is 22.5 Å². The first-order valence-electron chi connectivity index (χ1n) is 9.25. The number of imide groups is 1. The Hall–Kier alpha value is -2.93. The zero-order valence-corrected chi connectivity index (χ0v) is 15.8. The van der Waals surface area contributed by atoms with Crippen LogP contribution < -0.4 is 10.6 Å². The fourth-order valence-electron chi connectivity index (χ4n) is 3.77. The van der Waals surface area contributed by atoms with E-state index in [-0.39, 0.29) is 23.0 Å². The van der Waals surface area contributed by atoms with E-state index >= 15 is 0 Å². The van der Waals surface area contributed by atoms with Crippen LogP contribution in [0.2, 0.25) is 5.15 Å². The highest BCUT2D eigenvalue weighted by atomic mass is 35.5. The summed E-state index contributed by atoms with van der Waals surface area (Å²) in [5.41, 5.74) is 1.50. The average molecular weight is 399 g/mol. The van der Waals surface area contributed by atoms with E-state index in [0.717, 1.165) is 32.1 Å². The van der Waals surface area contributed by atoms with Gasteiger partial charge in [-0.1, -0.05) is 30.9 Å². The van der Waals surface area contributed by atoms with Crippen molar-refractivity contribution in [2.45, 2.75) is 38.1 Å². The van der Waals surface area contributed by atoms with Crippen LogP contribution in [0.25, 0.3) is 0 Å². The van der Waals surface area contributed by atoms with Crippen molar-refractivity contribution in [1.29, 1.82) is 0 Å². The van der Waals surface area contributed by atoms with E-state index in [1.807, 2.05) is 0 Å². The number of urea groups is 1. The lowest BCUT2D eigenvalue weighted by Gasteiger charge is -2.29. The number of anilines is 2. The zero-order valence-electron chi connectivity index (χ0n) is 15.1. The minimum atomic E-state index is -0.518. The van der Waals surface area contributed by atoms with Crippen LogP contribution in [0.3, 0.4) is 0 Å². The predicted octanol–water partition coefficient (Wildman–Crippen LogP) is 4.31. The monoisotopic (exact) mass is 398 g/mol. The Balaban J connectivity index is 1.50. The van der Waals surface area contributed by atoms with E-state index in [9.17, 15) is 14.4 Å². The van der Waals surface area contributed by atoms with Gasteiger partial charge in [-0.2, -0.15) is 0 Å². The third kappa shape index (κ3) is 3.45. The van der Waals surface area contributed by atoms with Crippen molar-refractivity contribution in [1.82, 2.24) is 9.88 Å². The number of carbonyl (C=O) groups is 3. The number of hydrogen-bond acceptors (Lipinski definition) is 4. The lowest BCUT2D eigenvalue weighted by atomic mass is 9.94. The summed E-state index contributed by atoms with van der Waals surface area (Å²) in [6, 6.07) is 7.47. The molecule has 2 aliphatic rings. The van der Waals surface area contributed by atoms with Gasteiger partial charge in [0, 0.05) is 17.9 Å². The highest BCUT2D eigenvalue weighted by Crippen LogP contribution is 2.32. The largest absolute Gasteiger partial charge is 0.323 e. The molecule has 2 N–H and O–H groups in total. The van der Waals surface area contributed by atoms with Crippen molar-refractivity contribution in [3.63, 3.8) is 0 Å². The van der Waals surface area contributed by atoms with E-state index in [2.05, 4.69) is 15.6 Å². The topological polar surface area (TPSA) is 91.4 Å². The van der Waals surface area contributed by atoms with Crippen molar-refractivity contribution in [2.75, 3.05) is 10.6 Å². The van der Waals surface area contributed by atoms with Crippen LogP contribution in [0.5, 0.6) is 0 Å². The van der Waals surface area contributed by atoms with Crippen LogP contribution in [0, 0.1) is 0 Å². The molecule has 0 unspecified atom stereocenters. The Labute approximate surface area is 167 Å². The maximum atomic E-state index is 12.8. The van der Waals surface area contributed by atoms with Gasteiger partial charge in [-0.25, -0.2) is 9.78 Å². The lowest BCUT2D eigenvalue weighted by Crippen LogP contribution is -2.40. The van der Waals surface area contributed by atoms with Crippen LogP contribution in [0.1, 0.15) is 52.8 Å². The van der Waals surface area contributed by atoms with Crippen LogP contribution in [0.15, 0.2) is 36.5 Å². The standard InChI is InChI=1S/C20H19ClN4O3/c21-17-16(7-4-10-22-17)24-20(28)23-12-8-9-14-15(11-12)19(27)25(18(14)26)13-5-2-1-3-6-13/h4,7-11,13H,1-3,5-6H2,(H2,23,24,28). The van der Waals surface area contributed by atoms with E-state index < -0.39 is 6.03 Å². The second kappa shape index (κ2) is 7.59. The van der Waals surface area contributed by atoms with Crippen molar-refractivity contribution < 1.29 is 14.4 Å². The number of pyridine rings is 1. The third-order valence-corrected chi connectivity index (χ3v) is 5.42. The fraction of sp³-hybridized carbons (Fsp3) is 0.300. The van der Waals surface area contributed by atoms with Gasteiger partial charge in [0.2, 0.25) is 0 Å². The molecule has 0 saturated heterocycles. The predicted molar refractivity (Wildman–Crippen MR) is 106 cm³/mol. The molecular weight excluding hydrogens is 380 g/mol. The smallest absolute Gasteiger partial charge is 0.308 e. The van der Waals surface area contributed by atoms with Gasteiger partial charge in [0.05, 0.1) is 16.8 Å². The van der Waals surface area contributed by atoms with E-state index in [1.165, 1.54) is 11.1 Å². The number of halogens is 1. The van der Waals surface area contributed by atoms with Crippen molar-refractivity contribution in [3.8, 4) is 0 Å². The van der Waals surface area contributed by atoms with Crippen molar-refractivity contribution >= 4 is 40.8 Å². The highest BCUT2D eigenvalue weighted by molar-refractivity contribution is 6.32. The molecule has 1 aromatic heterocycles. The number of hydrogen-bond donors (Lipinski definition) is 2. The normalized spacial score (nSPS) is 16.8. The number of amides is 4. The summed E-state index contributed by atoms with van der Waals surface area (Å²) in [6.07, 6.45) is 6.43. The summed E-state index contributed by atoms with van der Waals surface area (Å²) in [6.45, 7) is 0. The molecule has 144 valence electrons. The van der Waals surface area contributed by atoms with Gasteiger partial charge < -0.3 is 10.6 Å². The van der Waals surface area contributed by atoms with Gasteiger partial charge in [0.1, 0.15) is 0 Å². The molecule has 4 amide bonds. The SMILES string of the molecule is O=C(Nc1ccc2c(c1)C(=O)N(C1CCCCC1)C2=O)Nc1cccnc1Cl. The number of nitrogens with one attached hydrogen (secondary N) is 2. The Morgan fingerprint density at radius 3 is 2.54 bits per heavy atom. The molecule has 1 aliphatic heterocycles. The number of rotatable bonds is 3. The van der Waals surface area contributed by atoms with Gasteiger partial charge in [-0.3, -0.25) is 14.5 Å². The summed E-state index contributed by atoms with van der Waals surface area (Å²) in [4.78, 5) is 43.0. The van der Waals surface area contributed by atoms with Crippen molar-refractivity contribution in [3.05, 3.63) is 52.8 Å². The molecular formula is C20H19ClN4O3. The second-order valence-electron chi connectivity index (χ2n) is 6.95. The molecule has 0 radical (unpaired) electrons. The summed E-state index contributed by atoms with van der Waals surface area (Å²) >= 11 is 5.93. The first-order chi connectivity index (χ1) is 13.5. The molecule has 0 bridgehead atoms. The van der Waals surface area contributed by atoms with Gasteiger partial charge in [-0.15, -0.1) is 0 Å². The number of benzene rings is 1. The minimum absolute atomic E-state index is 0.0337. The Morgan fingerprint density at radius 1 is 1.04 bits per heavy atom. The minimum Gasteiger partial charge on any atom is -0.308 e. The molecule has 1 aromatic carbocycles. The molecule has 28 heavy (non-hydrogen) atoms. The van der Waals surface area contributed by atoms with E-state index in [1.54, 1.807) is 30.3 Å². The summed E-state index contributed by atoms with van der Waals surface area (Å²) < 4.78 is 0. The third-order valence-electron chi connectivity index (χ3n) is 5.12. The van der Waals surface area contributed by atoms with Crippen LogP contribution in [-0.2, 0) is 0 Å². The first kappa shape index (κ1) is 18.4. The van der Waals surface area contributed by atoms with Crippen molar-refractivity contribution in [2.24, 2.45) is 0 Å². The van der Waals surface area contributed by atoms with Crippen LogP contribution in [-0.4, -0.2) is 33.8 Å². The fourth-order valence-corrected chi connectivity index (χ4v) is 3.94. The molecule has 1 fully saturated rings. The molecule has 2 aromatic rings. The Morgan fingerprint density at radius 2 is 1.79 bits per heavy atom. The van der Waals surface area contributed by atoms with Gasteiger partial charge in [-0.05, 0) is 43.2 Å². The Bertz CT molecular complexity index is 956. The molecule has 1 saturated carbocycles. The molecule has 0 atom stereocenters. The number of carbonyl (C=O) groups excluding carboxylic acids is 3. The zero-order chi connectivity index (χ0) is 19.7. The summed E-state index contributed by atoms with van der Waals surface area (Å²) in [5, 5.41) is 5.44. The molecule has 7 nitrogen and oxygen atoms in total. The van der Waals surface area contributed by atoms with Gasteiger partial charge in [0.25, 0.3) is 11.8 Å². The second-order valence-corrected chi connectivity index (χ2v) is 7.31. The first-order valence-corrected chi connectivity index (χ1v) is 9.63. The number of aromatic nitrogens is 1. The molecule has 8 heteroatoms. The number of fused-ring (bicyclic) bond motifs is 1. The van der Waals surface area contributed by atoms with Crippen LogP contribution in [0.4, 0.5) is 16.2 Å². The van der Waals surface area contributed by atoms with Gasteiger partial charge >= 0.3 is 6.03 Å². The van der Waals surface area contributed by atoms with E-state index in [4.69, 9.17) is 11.6 Å². The molecule has 1 aliphatic carbocycles. The molecule has 0 spiro atoms. The van der Waals surface area contributed by atoms with Crippen LogP contribution >= 0.6 is 11.6 Å². The lowest BCUT2D eigenvalue weighted by molar-refractivity contribution is 0.0549. The molecule has 2 heterocycles. The summed E-state index contributed by atoms with van der Waals surface area (Å²) in [7, 11) is 0. The maximum absolute atomic E-state index is 12.8. The highest BCUT2D eigenvalue weighted by Gasteiger charge is 2.40. The van der Waals surface area contributed by atoms with Gasteiger partial charge in [0.15, 0.2) is 5.15 Å². The summed E-state index contributed by atoms with van der Waals surface area (Å²) in [5.74, 6) is -0.531.